The summed E-state index contributed by atoms with van der Waals surface area (Å²) in [6, 6.07) is 6.16. The van der Waals surface area contributed by atoms with Gasteiger partial charge in [-0.15, -0.1) is 0 Å². The molecule has 1 saturated heterocycles. The second-order valence-corrected chi connectivity index (χ2v) is 10.2. The Morgan fingerprint density at radius 2 is 1.82 bits per heavy atom. The van der Waals surface area contributed by atoms with E-state index in [0.717, 1.165) is 42.5 Å². The normalized spacial score (nSPS) is 21.2. The van der Waals surface area contributed by atoms with E-state index in [1.807, 2.05) is 6.07 Å². The van der Waals surface area contributed by atoms with Gasteiger partial charge in [0.25, 0.3) is 5.92 Å². The minimum Gasteiger partial charge on any atom is -0.490 e. The third-order valence-electron chi connectivity index (χ3n) is 6.80. The van der Waals surface area contributed by atoms with Gasteiger partial charge in [-0.1, -0.05) is 6.92 Å². The summed E-state index contributed by atoms with van der Waals surface area (Å²) in [6.45, 7) is 3.82. The van der Waals surface area contributed by atoms with E-state index >= 15 is 0 Å². The second kappa shape index (κ2) is 10.4. The third-order valence-corrected chi connectivity index (χ3v) is 6.80. The molecule has 2 fully saturated rings. The predicted octanol–water partition coefficient (Wildman–Crippen LogP) is 5.52. The van der Waals surface area contributed by atoms with Gasteiger partial charge in [-0.3, -0.25) is 4.98 Å². The molecule has 1 aliphatic heterocycles. The number of ether oxygens (including phenoxy) is 1. The molecule has 1 aromatic carbocycles. The average Bonchev–Trinajstić information content (AvgIpc) is 2.82. The summed E-state index contributed by atoms with van der Waals surface area (Å²) in [6.07, 6.45) is 2.43. The molecule has 2 aliphatic rings. The van der Waals surface area contributed by atoms with Crippen molar-refractivity contribution in [1.82, 2.24) is 9.97 Å². The van der Waals surface area contributed by atoms with Crippen LogP contribution in [0.1, 0.15) is 31.9 Å². The maximum absolute atomic E-state index is 14.9. The number of halogens is 5. The molecule has 202 valence electrons. The van der Waals surface area contributed by atoms with Crippen molar-refractivity contribution in [2.24, 2.45) is 11.7 Å². The summed E-state index contributed by atoms with van der Waals surface area (Å²) in [7, 11) is 0. The maximum atomic E-state index is 14.9. The summed E-state index contributed by atoms with van der Waals surface area (Å²) >= 11 is 0. The Labute approximate surface area is 217 Å². The molecule has 5 rings (SSSR count). The van der Waals surface area contributed by atoms with Gasteiger partial charge in [0.15, 0.2) is 0 Å². The van der Waals surface area contributed by atoms with Crippen LogP contribution < -0.4 is 20.7 Å². The number of aromatic nitrogens is 2. The maximum Gasteiger partial charge on any atom is 0.255 e. The van der Waals surface area contributed by atoms with Crippen molar-refractivity contribution in [2.45, 2.75) is 50.8 Å². The lowest BCUT2D eigenvalue weighted by Crippen LogP contribution is -2.46. The molecule has 11 heteroatoms. The first-order valence-corrected chi connectivity index (χ1v) is 12.5. The zero-order valence-electron chi connectivity index (χ0n) is 20.7. The lowest BCUT2D eigenvalue weighted by Gasteiger charge is -2.37. The van der Waals surface area contributed by atoms with E-state index in [4.69, 9.17) is 10.5 Å². The topological polar surface area (TPSA) is 76.3 Å². The fourth-order valence-corrected chi connectivity index (χ4v) is 5.06. The van der Waals surface area contributed by atoms with Crippen molar-refractivity contribution < 1.29 is 26.7 Å². The third kappa shape index (κ3) is 5.67. The van der Waals surface area contributed by atoms with Crippen LogP contribution in [0.3, 0.4) is 0 Å². The van der Waals surface area contributed by atoms with Crippen LogP contribution in [0.2, 0.25) is 0 Å². The van der Waals surface area contributed by atoms with Crippen LogP contribution >= 0.6 is 0 Å². The summed E-state index contributed by atoms with van der Waals surface area (Å²) in [5, 5.41) is 3.24. The molecule has 0 spiro atoms. The Balaban J connectivity index is 1.34. The van der Waals surface area contributed by atoms with Gasteiger partial charge >= 0.3 is 0 Å². The quantitative estimate of drug-likeness (QED) is 0.390. The van der Waals surface area contributed by atoms with Gasteiger partial charge in [-0.25, -0.2) is 26.9 Å². The van der Waals surface area contributed by atoms with Gasteiger partial charge in [-0.2, -0.15) is 0 Å². The number of nitrogens with two attached hydrogens (primary N) is 1. The average molecular weight is 534 g/mol. The van der Waals surface area contributed by atoms with E-state index in [2.05, 4.69) is 27.1 Å². The lowest BCUT2D eigenvalue weighted by atomic mass is 9.91. The molecule has 2 aromatic heterocycles. The van der Waals surface area contributed by atoms with Crippen molar-refractivity contribution >= 4 is 11.4 Å². The first-order chi connectivity index (χ1) is 18.1. The van der Waals surface area contributed by atoms with Crippen molar-refractivity contribution in [2.75, 3.05) is 23.3 Å². The molecule has 3 heterocycles. The van der Waals surface area contributed by atoms with E-state index in [9.17, 15) is 22.0 Å². The highest BCUT2D eigenvalue weighted by Crippen LogP contribution is 2.40. The van der Waals surface area contributed by atoms with E-state index in [0.29, 0.717) is 18.2 Å². The Kier molecular flexibility index (Phi) is 7.13. The Morgan fingerprint density at radius 3 is 2.50 bits per heavy atom. The molecule has 3 N–H and O–H groups in total. The summed E-state index contributed by atoms with van der Waals surface area (Å²) in [5.41, 5.74) is 7.04. The Morgan fingerprint density at radius 1 is 1.08 bits per heavy atom. The smallest absolute Gasteiger partial charge is 0.255 e. The molecule has 1 saturated carbocycles. The zero-order valence-corrected chi connectivity index (χ0v) is 20.7. The molecule has 2 unspecified atom stereocenters. The highest BCUT2D eigenvalue weighted by molar-refractivity contribution is 5.69. The van der Waals surface area contributed by atoms with E-state index in [1.165, 1.54) is 6.07 Å². The molecule has 38 heavy (non-hydrogen) atoms. The van der Waals surface area contributed by atoms with Crippen molar-refractivity contribution in [3.63, 3.8) is 0 Å². The van der Waals surface area contributed by atoms with Crippen LogP contribution in [0.15, 0.2) is 42.7 Å². The fraction of sp³-hybridized carbons (Fsp3) is 0.407. The highest BCUT2D eigenvalue weighted by Gasteiger charge is 2.47. The standard InChI is InChI=1S/C27H28F5N5O/c1-15-6-16(33)14-37(13-15)24-4-5-34-12-23(24)35-11-17-2-3-20(28)26(36-17)25-21(29)7-18(8-22(25)30)38-19-9-27(31,32)10-19/h2-5,7-8,12,15-16,19,35H,6,9-11,13-14,33H2,1H3. The van der Waals surface area contributed by atoms with Crippen LogP contribution in [0.25, 0.3) is 11.3 Å². The predicted molar refractivity (Wildman–Crippen MR) is 134 cm³/mol. The zero-order chi connectivity index (χ0) is 27.0. The Bertz CT molecular complexity index is 1280. The monoisotopic (exact) mass is 533 g/mol. The first-order valence-electron chi connectivity index (χ1n) is 12.5. The largest absolute Gasteiger partial charge is 0.490 e. The Hall–Kier alpha value is -3.47. The van der Waals surface area contributed by atoms with Crippen molar-refractivity contribution in [1.29, 1.82) is 0 Å². The number of nitrogens with zero attached hydrogens (tertiary/aromatic N) is 3. The summed E-state index contributed by atoms with van der Waals surface area (Å²) < 4.78 is 75.8. The number of benzene rings is 1. The van der Waals surface area contributed by atoms with Crippen LogP contribution in [-0.2, 0) is 6.54 Å². The van der Waals surface area contributed by atoms with Gasteiger partial charge in [0.05, 0.1) is 35.4 Å². The van der Waals surface area contributed by atoms with Crippen molar-refractivity contribution in [3.8, 4) is 17.0 Å². The van der Waals surface area contributed by atoms with Crippen LogP contribution in [0, 0.1) is 23.4 Å². The molecule has 3 aromatic rings. The van der Waals surface area contributed by atoms with Gasteiger partial charge in [0, 0.05) is 50.3 Å². The molecule has 0 bridgehead atoms. The number of anilines is 2. The van der Waals surface area contributed by atoms with Gasteiger partial charge < -0.3 is 20.7 Å². The number of alkyl halides is 2. The summed E-state index contributed by atoms with van der Waals surface area (Å²) in [5.74, 6) is -5.76. The van der Waals surface area contributed by atoms with Gasteiger partial charge in [0.1, 0.15) is 35.0 Å². The number of hydrogen-bond acceptors (Lipinski definition) is 6. The fourth-order valence-electron chi connectivity index (χ4n) is 5.06. The number of rotatable bonds is 7. The second-order valence-electron chi connectivity index (χ2n) is 10.2. The van der Waals surface area contributed by atoms with Crippen LogP contribution in [-0.4, -0.2) is 41.1 Å². The molecule has 6 nitrogen and oxygen atoms in total. The SMILES string of the molecule is CC1CC(N)CN(c2ccncc2NCc2ccc(F)c(-c3c(F)cc(OC4CC(F)(F)C4)cc3F)n2)C1. The van der Waals surface area contributed by atoms with E-state index in [1.54, 1.807) is 12.4 Å². The van der Waals surface area contributed by atoms with Gasteiger partial charge in [0.2, 0.25) is 0 Å². The van der Waals surface area contributed by atoms with Crippen LogP contribution in [0.4, 0.5) is 33.3 Å². The number of hydrogen-bond donors (Lipinski definition) is 2. The molecular weight excluding hydrogens is 505 g/mol. The lowest BCUT2D eigenvalue weighted by molar-refractivity contribution is -0.134. The number of nitrogens with one attached hydrogen (secondary N) is 1. The van der Waals surface area contributed by atoms with E-state index in [-0.39, 0.29) is 18.3 Å². The highest BCUT2D eigenvalue weighted by atomic mass is 19.3. The number of pyridine rings is 2. The van der Waals surface area contributed by atoms with Crippen molar-refractivity contribution in [3.05, 3.63) is 65.9 Å². The molecule has 0 radical (unpaired) electrons. The molecule has 0 amide bonds. The van der Waals surface area contributed by atoms with Gasteiger partial charge in [-0.05, 0) is 30.5 Å². The molecule has 2 atom stereocenters. The van der Waals surface area contributed by atoms with Crippen LogP contribution in [0.5, 0.6) is 5.75 Å². The minimum absolute atomic E-state index is 0.0531. The minimum atomic E-state index is -2.83. The van der Waals surface area contributed by atoms with E-state index < -0.39 is 53.6 Å². The molecular formula is C27H28F5N5O. The summed E-state index contributed by atoms with van der Waals surface area (Å²) in [4.78, 5) is 10.5. The molecule has 1 aliphatic carbocycles. The number of piperidine rings is 1. The first kappa shape index (κ1) is 26.1.